The van der Waals surface area contributed by atoms with Crippen LogP contribution in [-0.2, 0) is 9.53 Å². The van der Waals surface area contributed by atoms with Gasteiger partial charge in [0.05, 0.1) is 17.6 Å². The van der Waals surface area contributed by atoms with Gasteiger partial charge in [0.15, 0.2) is 0 Å². The Labute approximate surface area is 179 Å². The third-order valence-corrected chi connectivity index (χ3v) is 6.44. The molecule has 1 aromatic carbocycles. The van der Waals surface area contributed by atoms with Gasteiger partial charge < -0.3 is 9.15 Å². The van der Waals surface area contributed by atoms with Crippen molar-refractivity contribution < 1.29 is 23.5 Å². The van der Waals surface area contributed by atoms with Gasteiger partial charge in [0.25, 0.3) is 11.1 Å². The van der Waals surface area contributed by atoms with Crippen LogP contribution >= 0.6 is 11.8 Å². The third-order valence-electron chi connectivity index (χ3n) is 5.54. The van der Waals surface area contributed by atoms with Gasteiger partial charge in [0, 0.05) is 18.2 Å². The zero-order chi connectivity index (χ0) is 21.1. The van der Waals surface area contributed by atoms with Crippen molar-refractivity contribution in [2.45, 2.75) is 32.1 Å². The number of rotatable bonds is 5. The first-order valence-corrected chi connectivity index (χ1v) is 10.9. The van der Waals surface area contributed by atoms with Crippen molar-refractivity contribution in [2.24, 2.45) is 5.92 Å². The van der Waals surface area contributed by atoms with E-state index in [1.165, 1.54) is 31.3 Å². The maximum Gasteiger partial charge on any atom is 0.338 e. The van der Waals surface area contributed by atoms with Gasteiger partial charge in [0.2, 0.25) is 0 Å². The minimum Gasteiger partial charge on any atom is -0.465 e. The number of benzene rings is 1. The third kappa shape index (κ3) is 4.21. The number of hydrogen-bond donors (Lipinski definition) is 0. The summed E-state index contributed by atoms with van der Waals surface area (Å²) in [5.41, 5.74) is 1.00. The van der Waals surface area contributed by atoms with Gasteiger partial charge in [0.1, 0.15) is 11.5 Å². The summed E-state index contributed by atoms with van der Waals surface area (Å²) in [6.45, 7) is 0.498. The van der Waals surface area contributed by atoms with Crippen LogP contribution in [0.15, 0.2) is 45.7 Å². The number of nitrogens with zero attached hydrogens (tertiary/aromatic N) is 1. The van der Waals surface area contributed by atoms with Gasteiger partial charge in [-0.25, -0.2) is 4.79 Å². The fourth-order valence-electron chi connectivity index (χ4n) is 3.98. The van der Waals surface area contributed by atoms with E-state index in [0.29, 0.717) is 40.0 Å². The Kier molecular flexibility index (Phi) is 6.08. The SMILES string of the molecule is COC(=O)c1ccccc1-c1ccc(/C=C2/SC(=O)N(CC3CCCCC3)C2=O)o1. The van der Waals surface area contributed by atoms with E-state index in [-0.39, 0.29) is 11.1 Å². The Morgan fingerprint density at radius 1 is 1.17 bits per heavy atom. The summed E-state index contributed by atoms with van der Waals surface area (Å²) >= 11 is 0.946. The summed E-state index contributed by atoms with van der Waals surface area (Å²) in [6.07, 6.45) is 7.30. The topological polar surface area (TPSA) is 76.8 Å². The second-order valence-corrected chi connectivity index (χ2v) is 8.53. The fraction of sp³-hybridized carbons (Fsp3) is 0.348. The summed E-state index contributed by atoms with van der Waals surface area (Å²) in [7, 11) is 1.33. The smallest absolute Gasteiger partial charge is 0.338 e. The average molecular weight is 426 g/mol. The highest BCUT2D eigenvalue weighted by atomic mass is 32.2. The van der Waals surface area contributed by atoms with Crippen LogP contribution in [-0.4, -0.2) is 35.7 Å². The molecule has 0 N–H and O–H groups in total. The number of methoxy groups -OCH3 is 1. The van der Waals surface area contributed by atoms with E-state index in [2.05, 4.69) is 0 Å². The monoisotopic (exact) mass is 425 g/mol. The Bertz CT molecular complexity index is 1000. The van der Waals surface area contributed by atoms with E-state index in [4.69, 9.17) is 9.15 Å². The maximum absolute atomic E-state index is 12.8. The number of furan rings is 1. The van der Waals surface area contributed by atoms with Gasteiger partial charge in [-0.05, 0) is 48.7 Å². The molecule has 1 aliphatic carbocycles. The Morgan fingerprint density at radius 3 is 2.70 bits per heavy atom. The molecule has 2 amide bonds. The van der Waals surface area contributed by atoms with Crippen molar-refractivity contribution in [1.82, 2.24) is 4.90 Å². The molecule has 1 saturated heterocycles. The highest BCUT2D eigenvalue weighted by Gasteiger charge is 2.36. The predicted molar refractivity (Wildman–Crippen MR) is 115 cm³/mol. The van der Waals surface area contributed by atoms with Gasteiger partial charge in [-0.2, -0.15) is 0 Å². The molecule has 156 valence electrons. The first-order valence-electron chi connectivity index (χ1n) is 10.1. The number of carbonyl (C=O) groups excluding carboxylic acids is 3. The van der Waals surface area contributed by atoms with Crippen LogP contribution in [0.25, 0.3) is 17.4 Å². The fourth-order valence-corrected chi connectivity index (χ4v) is 4.80. The molecule has 30 heavy (non-hydrogen) atoms. The molecular formula is C23H23NO5S. The second-order valence-electron chi connectivity index (χ2n) is 7.54. The minimum absolute atomic E-state index is 0.223. The van der Waals surface area contributed by atoms with E-state index >= 15 is 0 Å². The first kappa shape index (κ1) is 20.5. The van der Waals surface area contributed by atoms with Gasteiger partial charge in [-0.3, -0.25) is 14.5 Å². The number of esters is 1. The number of thioether (sulfide) groups is 1. The zero-order valence-electron chi connectivity index (χ0n) is 16.8. The Morgan fingerprint density at radius 2 is 1.93 bits per heavy atom. The summed E-state index contributed by atoms with van der Waals surface area (Å²) < 4.78 is 10.7. The molecular weight excluding hydrogens is 402 g/mol. The lowest BCUT2D eigenvalue weighted by Gasteiger charge is -2.25. The van der Waals surface area contributed by atoms with Crippen molar-refractivity contribution >= 4 is 35.0 Å². The summed E-state index contributed by atoms with van der Waals surface area (Å²) in [5.74, 6) is 0.629. The lowest BCUT2D eigenvalue weighted by Crippen LogP contribution is -2.34. The second kappa shape index (κ2) is 8.92. The number of imide groups is 1. The zero-order valence-corrected chi connectivity index (χ0v) is 17.6. The van der Waals surface area contributed by atoms with Gasteiger partial charge >= 0.3 is 5.97 Å². The first-order chi connectivity index (χ1) is 14.6. The van der Waals surface area contributed by atoms with E-state index in [0.717, 1.165) is 24.6 Å². The molecule has 2 aromatic rings. The lowest BCUT2D eigenvalue weighted by molar-refractivity contribution is -0.123. The molecule has 2 aliphatic rings. The average Bonchev–Trinajstić information content (AvgIpc) is 3.34. The lowest BCUT2D eigenvalue weighted by atomic mass is 9.89. The molecule has 4 rings (SSSR count). The molecule has 0 bridgehead atoms. The molecule has 0 spiro atoms. The van der Waals surface area contributed by atoms with Crippen molar-refractivity contribution in [1.29, 1.82) is 0 Å². The number of amides is 2. The number of hydrogen-bond acceptors (Lipinski definition) is 6. The summed E-state index contributed by atoms with van der Waals surface area (Å²) in [5, 5.41) is -0.223. The Hall–Kier alpha value is -2.80. The highest BCUT2D eigenvalue weighted by Crippen LogP contribution is 2.36. The molecule has 1 saturated carbocycles. The largest absolute Gasteiger partial charge is 0.465 e. The Balaban J connectivity index is 1.53. The van der Waals surface area contributed by atoms with Crippen molar-refractivity contribution in [3.05, 3.63) is 52.6 Å². The molecule has 1 aromatic heterocycles. The van der Waals surface area contributed by atoms with Gasteiger partial charge in [-0.1, -0.05) is 37.5 Å². The molecule has 0 atom stereocenters. The standard InChI is InChI=1S/C23H23NO5S/c1-28-22(26)18-10-6-5-9-17(18)19-12-11-16(29-19)13-20-21(25)24(23(27)30-20)14-15-7-3-2-4-8-15/h5-6,9-13,15H,2-4,7-8,14H2,1H3/b20-13+. The van der Waals surface area contributed by atoms with Crippen molar-refractivity contribution in [2.75, 3.05) is 13.7 Å². The number of ether oxygens (including phenoxy) is 1. The van der Waals surface area contributed by atoms with Crippen LogP contribution in [0.5, 0.6) is 0 Å². The number of carbonyl (C=O) groups is 3. The van der Waals surface area contributed by atoms with Crippen LogP contribution in [0.3, 0.4) is 0 Å². The quantitative estimate of drug-likeness (QED) is 0.475. The van der Waals surface area contributed by atoms with E-state index in [1.807, 2.05) is 0 Å². The molecule has 6 nitrogen and oxygen atoms in total. The van der Waals surface area contributed by atoms with Crippen molar-refractivity contribution in [3.8, 4) is 11.3 Å². The van der Waals surface area contributed by atoms with E-state index in [1.54, 1.807) is 42.5 Å². The predicted octanol–water partition coefficient (Wildman–Crippen LogP) is 5.35. The molecule has 0 radical (unpaired) electrons. The molecule has 2 heterocycles. The minimum atomic E-state index is -0.451. The van der Waals surface area contributed by atoms with Crippen molar-refractivity contribution in [3.63, 3.8) is 0 Å². The molecule has 1 aliphatic heterocycles. The molecule has 7 heteroatoms. The van der Waals surface area contributed by atoms with Crippen LogP contribution in [0.4, 0.5) is 4.79 Å². The molecule has 0 unspecified atom stereocenters. The van der Waals surface area contributed by atoms with Crippen LogP contribution in [0.1, 0.15) is 48.2 Å². The van der Waals surface area contributed by atoms with E-state index < -0.39 is 5.97 Å². The maximum atomic E-state index is 12.8. The van der Waals surface area contributed by atoms with E-state index in [9.17, 15) is 14.4 Å². The van der Waals surface area contributed by atoms with Crippen LogP contribution in [0.2, 0.25) is 0 Å². The summed E-state index contributed by atoms with van der Waals surface area (Å²) in [6, 6.07) is 10.5. The van der Waals surface area contributed by atoms with Crippen LogP contribution in [0, 0.1) is 5.92 Å². The highest BCUT2D eigenvalue weighted by molar-refractivity contribution is 8.18. The summed E-state index contributed by atoms with van der Waals surface area (Å²) in [4.78, 5) is 38.9. The van der Waals surface area contributed by atoms with Gasteiger partial charge in [-0.15, -0.1) is 0 Å². The molecule has 2 fully saturated rings. The van der Waals surface area contributed by atoms with Crippen LogP contribution < -0.4 is 0 Å². The normalized spacial score (nSPS) is 19.0.